The average Bonchev–Trinajstić information content (AvgIpc) is 2.14. The van der Waals surface area contributed by atoms with Gasteiger partial charge in [-0.1, -0.05) is 0 Å². The van der Waals surface area contributed by atoms with Crippen molar-refractivity contribution in [2.24, 2.45) is 0 Å². The van der Waals surface area contributed by atoms with Crippen LogP contribution in [0.2, 0.25) is 0 Å². The largest absolute Gasteiger partial charge is 0.485 e. The first-order chi connectivity index (χ1) is 6.90. The molecule has 1 aliphatic heterocycles. The third kappa shape index (κ3) is 2.02. The van der Waals surface area contributed by atoms with E-state index in [0.29, 0.717) is 13.2 Å². The van der Waals surface area contributed by atoms with E-state index in [1.807, 2.05) is 19.3 Å². The van der Waals surface area contributed by atoms with Gasteiger partial charge in [0.1, 0.15) is 11.9 Å². The standard InChI is InChI=1S/C10H14N2O2/c1-11-4-8-5-12-3-2-10(8)14-9-6-13-7-9/h2-3,5,9,11H,4,6-7H2,1H3. The van der Waals surface area contributed by atoms with Gasteiger partial charge in [-0.25, -0.2) is 0 Å². The predicted molar refractivity (Wildman–Crippen MR) is 52.2 cm³/mol. The Morgan fingerprint density at radius 3 is 3.14 bits per heavy atom. The van der Waals surface area contributed by atoms with Crippen molar-refractivity contribution in [3.63, 3.8) is 0 Å². The molecular formula is C10H14N2O2. The number of aromatic nitrogens is 1. The summed E-state index contributed by atoms with van der Waals surface area (Å²) in [5.74, 6) is 0.905. The fourth-order valence-corrected chi connectivity index (χ4v) is 1.31. The van der Waals surface area contributed by atoms with Crippen LogP contribution in [0.5, 0.6) is 5.75 Å². The molecule has 0 radical (unpaired) electrons. The fraction of sp³-hybridized carbons (Fsp3) is 0.500. The molecule has 4 heteroatoms. The van der Waals surface area contributed by atoms with E-state index in [4.69, 9.17) is 9.47 Å². The molecule has 1 aromatic rings. The Balaban J connectivity index is 2.05. The van der Waals surface area contributed by atoms with Gasteiger partial charge in [-0.3, -0.25) is 4.98 Å². The van der Waals surface area contributed by atoms with Crippen LogP contribution in [0, 0.1) is 0 Å². The van der Waals surface area contributed by atoms with E-state index in [-0.39, 0.29) is 6.10 Å². The smallest absolute Gasteiger partial charge is 0.145 e. The highest BCUT2D eigenvalue weighted by molar-refractivity contribution is 5.30. The second kappa shape index (κ2) is 4.39. The SMILES string of the molecule is CNCc1cnccc1OC1COC1. The van der Waals surface area contributed by atoms with Crippen LogP contribution in [0.1, 0.15) is 5.56 Å². The van der Waals surface area contributed by atoms with Crippen LogP contribution in [0.4, 0.5) is 0 Å². The van der Waals surface area contributed by atoms with Crippen molar-refractivity contribution in [2.75, 3.05) is 20.3 Å². The van der Waals surface area contributed by atoms with Crippen LogP contribution in [-0.4, -0.2) is 31.3 Å². The van der Waals surface area contributed by atoms with Crippen LogP contribution in [0.15, 0.2) is 18.5 Å². The van der Waals surface area contributed by atoms with Gasteiger partial charge >= 0.3 is 0 Å². The fourth-order valence-electron chi connectivity index (χ4n) is 1.31. The summed E-state index contributed by atoms with van der Waals surface area (Å²) >= 11 is 0. The Bertz CT molecular complexity index is 300. The minimum absolute atomic E-state index is 0.216. The first-order valence-corrected chi connectivity index (χ1v) is 4.72. The molecule has 1 fully saturated rings. The van der Waals surface area contributed by atoms with E-state index >= 15 is 0 Å². The number of nitrogens with one attached hydrogen (secondary N) is 1. The molecule has 0 saturated carbocycles. The molecule has 0 bridgehead atoms. The molecule has 0 unspecified atom stereocenters. The maximum Gasteiger partial charge on any atom is 0.145 e. The van der Waals surface area contributed by atoms with Crippen molar-refractivity contribution in [3.05, 3.63) is 24.0 Å². The second-order valence-electron chi connectivity index (χ2n) is 3.29. The number of rotatable bonds is 4. The predicted octanol–water partition coefficient (Wildman–Crippen LogP) is 0.579. The molecule has 14 heavy (non-hydrogen) atoms. The van der Waals surface area contributed by atoms with Crippen LogP contribution in [-0.2, 0) is 11.3 Å². The number of hydrogen-bond acceptors (Lipinski definition) is 4. The lowest BCUT2D eigenvalue weighted by Gasteiger charge is -2.27. The summed E-state index contributed by atoms with van der Waals surface area (Å²) in [6.45, 7) is 2.17. The molecule has 4 nitrogen and oxygen atoms in total. The maximum absolute atomic E-state index is 5.73. The Labute approximate surface area is 83.2 Å². The Hall–Kier alpha value is -1.13. The molecule has 2 heterocycles. The minimum atomic E-state index is 0.216. The lowest BCUT2D eigenvalue weighted by atomic mass is 10.2. The van der Waals surface area contributed by atoms with Gasteiger partial charge in [-0.2, -0.15) is 0 Å². The molecule has 0 aromatic carbocycles. The van der Waals surface area contributed by atoms with E-state index in [2.05, 4.69) is 10.3 Å². The van der Waals surface area contributed by atoms with Crippen molar-refractivity contribution >= 4 is 0 Å². The summed E-state index contributed by atoms with van der Waals surface area (Å²) < 4.78 is 10.8. The van der Waals surface area contributed by atoms with Gasteiger partial charge < -0.3 is 14.8 Å². The molecule has 1 saturated heterocycles. The maximum atomic E-state index is 5.73. The highest BCUT2D eigenvalue weighted by Crippen LogP contribution is 2.20. The number of pyridine rings is 1. The van der Waals surface area contributed by atoms with Gasteiger partial charge in [0.2, 0.25) is 0 Å². The van der Waals surface area contributed by atoms with E-state index in [9.17, 15) is 0 Å². The monoisotopic (exact) mass is 194 g/mol. The third-order valence-corrected chi connectivity index (χ3v) is 2.13. The second-order valence-corrected chi connectivity index (χ2v) is 3.29. The zero-order valence-electron chi connectivity index (χ0n) is 8.19. The highest BCUT2D eigenvalue weighted by Gasteiger charge is 2.20. The Kier molecular flexibility index (Phi) is 2.96. The van der Waals surface area contributed by atoms with Crippen LogP contribution >= 0.6 is 0 Å². The zero-order chi connectivity index (χ0) is 9.80. The van der Waals surface area contributed by atoms with E-state index in [1.54, 1.807) is 6.20 Å². The van der Waals surface area contributed by atoms with E-state index in [1.165, 1.54) is 0 Å². The molecular weight excluding hydrogens is 180 g/mol. The number of nitrogens with zero attached hydrogens (tertiary/aromatic N) is 1. The molecule has 1 aromatic heterocycles. The first-order valence-electron chi connectivity index (χ1n) is 4.72. The first kappa shape index (κ1) is 9.43. The van der Waals surface area contributed by atoms with Crippen LogP contribution in [0.25, 0.3) is 0 Å². The van der Waals surface area contributed by atoms with Gasteiger partial charge in [0.05, 0.1) is 13.2 Å². The topological polar surface area (TPSA) is 43.4 Å². The Morgan fingerprint density at radius 1 is 1.64 bits per heavy atom. The minimum Gasteiger partial charge on any atom is -0.485 e. The molecule has 2 rings (SSSR count). The summed E-state index contributed by atoms with van der Waals surface area (Å²) in [4.78, 5) is 4.06. The summed E-state index contributed by atoms with van der Waals surface area (Å²) in [7, 11) is 1.91. The van der Waals surface area contributed by atoms with Crippen molar-refractivity contribution < 1.29 is 9.47 Å². The molecule has 0 amide bonds. The summed E-state index contributed by atoms with van der Waals surface area (Å²) in [5, 5.41) is 3.08. The summed E-state index contributed by atoms with van der Waals surface area (Å²) in [6, 6.07) is 1.89. The lowest BCUT2D eigenvalue weighted by molar-refractivity contribution is -0.0800. The molecule has 76 valence electrons. The highest BCUT2D eigenvalue weighted by atomic mass is 16.6. The molecule has 0 aliphatic carbocycles. The van der Waals surface area contributed by atoms with Gasteiger partial charge in [-0.05, 0) is 13.1 Å². The van der Waals surface area contributed by atoms with Gasteiger partial charge in [0.15, 0.2) is 0 Å². The van der Waals surface area contributed by atoms with Gasteiger partial charge in [0, 0.05) is 24.5 Å². The normalized spacial score (nSPS) is 16.4. The summed E-state index contributed by atoms with van der Waals surface area (Å²) in [5.41, 5.74) is 1.09. The quantitative estimate of drug-likeness (QED) is 0.761. The van der Waals surface area contributed by atoms with Crippen molar-refractivity contribution in [2.45, 2.75) is 12.6 Å². The molecule has 0 spiro atoms. The lowest BCUT2D eigenvalue weighted by Crippen LogP contribution is -2.38. The molecule has 0 atom stereocenters. The summed E-state index contributed by atoms with van der Waals surface area (Å²) in [6.07, 6.45) is 3.78. The average molecular weight is 194 g/mol. The molecule has 1 aliphatic rings. The van der Waals surface area contributed by atoms with E-state index in [0.717, 1.165) is 17.9 Å². The van der Waals surface area contributed by atoms with Crippen molar-refractivity contribution in [1.29, 1.82) is 0 Å². The number of hydrogen-bond donors (Lipinski definition) is 1. The van der Waals surface area contributed by atoms with Crippen molar-refractivity contribution in [1.82, 2.24) is 10.3 Å². The third-order valence-electron chi connectivity index (χ3n) is 2.13. The zero-order valence-corrected chi connectivity index (χ0v) is 8.19. The number of ether oxygens (including phenoxy) is 2. The van der Waals surface area contributed by atoms with Gasteiger partial charge in [-0.15, -0.1) is 0 Å². The van der Waals surface area contributed by atoms with Gasteiger partial charge in [0.25, 0.3) is 0 Å². The Morgan fingerprint density at radius 2 is 2.50 bits per heavy atom. The molecule has 1 N–H and O–H groups in total. The van der Waals surface area contributed by atoms with E-state index < -0.39 is 0 Å². The van der Waals surface area contributed by atoms with Crippen LogP contribution < -0.4 is 10.1 Å². The van der Waals surface area contributed by atoms with Crippen molar-refractivity contribution in [3.8, 4) is 5.75 Å². The van der Waals surface area contributed by atoms with Crippen LogP contribution in [0.3, 0.4) is 0 Å².